The van der Waals surface area contributed by atoms with E-state index in [0.717, 1.165) is 6.26 Å². The first-order chi connectivity index (χ1) is 8.78. The second-order valence-electron chi connectivity index (χ2n) is 4.57. The standard InChI is InChI=1S/C11H18N2O5S/c1-19(17,18)7-6-9(10(14)15)13-11(16)12-8-4-2-3-5-8/h2-3,8-9H,4-7H2,1H3,(H,14,15)(H2,12,13,16). The Hall–Kier alpha value is -1.57. The molecular formula is C11H18N2O5S. The second-order valence-corrected chi connectivity index (χ2v) is 6.83. The van der Waals surface area contributed by atoms with Gasteiger partial charge in [-0.3, -0.25) is 0 Å². The van der Waals surface area contributed by atoms with Gasteiger partial charge in [-0.1, -0.05) is 12.2 Å². The van der Waals surface area contributed by atoms with Gasteiger partial charge in [0, 0.05) is 12.3 Å². The van der Waals surface area contributed by atoms with E-state index in [4.69, 9.17) is 5.11 Å². The zero-order valence-electron chi connectivity index (χ0n) is 10.6. The minimum Gasteiger partial charge on any atom is -0.480 e. The van der Waals surface area contributed by atoms with Gasteiger partial charge in [0.15, 0.2) is 0 Å². The first-order valence-corrected chi connectivity index (χ1v) is 7.96. The number of carbonyl (C=O) groups excluding carboxylic acids is 1. The summed E-state index contributed by atoms with van der Waals surface area (Å²) in [5, 5.41) is 13.8. The van der Waals surface area contributed by atoms with Crippen LogP contribution < -0.4 is 10.6 Å². The van der Waals surface area contributed by atoms with Gasteiger partial charge in [0.25, 0.3) is 0 Å². The van der Waals surface area contributed by atoms with Crippen LogP contribution in [0.3, 0.4) is 0 Å². The Morgan fingerprint density at radius 3 is 2.42 bits per heavy atom. The molecule has 1 aliphatic rings. The number of hydrogen-bond donors (Lipinski definition) is 3. The maximum Gasteiger partial charge on any atom is 0.326 e. The van der Waals surface area contributed by atoms with E-state index in [1.54, 1.807) is 0 Å². The summed E-state index contributed by atoms with van der Waals surface area (Å²) in [5.74, 6) is -1.53. The molecule has 7 nitrogen and oxygen atoms in total. The molecule has 0 aromatic carbocycles. The lowest BCUT2D eigenvalue weighted by molar-refractivity contribution is -0.139. The van der Waals surface area contributed by atoms with E-state index >= 15 is 0 Å². The monoisotopic (exact) mass is 290 g/mol. The fourth-order valence-electron chi connectivity index (χ4n) is 1.71. The molecule has 0 aromatic rings. The number of nitrogens with one attached hydrogen (secondary N) is 2. The van der Waals surface area contributed by atoms with Crippen LogP contribution in [0.15, 0.2) is 12.2 Å². The Morgan fingerprint density at radius 2 is 1.95 bits per heavy atom. The largest absolute Gasteiger partial charge is 0.480 e. The van der Waals surface area contributed by atoms with Crippen LogP contribution in [0.1, 0.15) is 19.3 Å². The predicted molar refractivity (Wildman–Crippen MR) is 69.6 cm³/mol. The lowest BCUT2D eigenvalue weighted by Crippen LogP contribution is -2.49. The molecule has 0 spiro atoms. The number of carboxylic acids is 1. The molecule has 0 fully saturated rings. The smallest absolute Gasteiger partial charge is 0.326 e. The van der Waals surface area contributed by atoms with E-state index in [0.29, 0.717) is 12.8 Å². The van der Waals surface area contributed by atoms with Gasteiger partial charge in [-0.05, 0) is 19.3 Å². The van der Waals surface area contributed by atoms with Crippen molar-refractivity contribution in [2.24, 2.45) is 0 Å². The van der Waals surface area contributed by atoms with Crippen molar-refractivity contribution in [2.45, 2.75) is 31.3 Å². The van der Waals surface area contributed by atoms with E-state index in [1.807, 2.05) is 12.2 Å². The summed E-state index contributed by atoms with van der Waals surface area (Å²) in [6.07, 6.45) is 6.18. The third-order valence-electron chi connectivity index (χ3n) is 2.72. The third-order valence-corrected chi connectivity index (χ3v) is 3.70. The molecule has 1 atom stereocenters. The zero-order chi connectivity index (χ0) is 14.5. The minimum absolute atomic E-state index is 0.0237. The number of carboxylic acid groups (broad SMARTS) is 1. The zero-order valence-corrected chi connectivity index (χ0v) is 11.4. The van der Waals surface area contributed by atoms with Crippen molar-refractivity contribution in [3.8, 4) is 0 Å². The lowest BCUT2D eigenvalue weighted by Gasteiger charge is -2.17. The molecule has 1 rings (SSSR count). The average Bonchev–Trinajstić information content (AvgIpc) is 2.75. The number of urea groups is 1. The normalized spacial score (nSPS) is 17.1. The molecule has 0 saturated heterocycles. The first kappa shape index (κ1) is 15.5. The highest BCUT2D eigenvalue weighted by atomic mass is 32.2. The van der Waals surface area contributed by atoms with Crippen LogP contribution in [0.5, 0.6) is 0 Å². The highest BCUT2D eigenvalue weighted by Gasteiger charge is 2.23. The van der Waals surface area contributed by atoms with Crippen molar-refractivity contribution in [3.63, 3.8) is 0 Å². The maximum absolute atomic E-state index is 11.6. The molecule has 19 heavy (non-hydrogen) atoms. The lowest BCUT2D eigenvalue weighted by atomic mass is 10.2. The van der Waals surface area contributed by atoms with E-state index in [2.05, 4.69) is 10.6 Å². The minimum atomic E-state index is -3.26. The summed E-state index contributed by atoms with van der Waals surface area (Å²) >= 11 is 0. The van der Waals surface area contributed by atoms with Gasteiger partial charge in [0.2, 0.25) is 0 Å². The quantitative estimate of drug-likeness (QED) is 0.591. The molecule has 0 aliphatic heterocycles. The van der Waals surface area contributed by atoms with Crippen molar-refractivity contribution >= 4 is 21.8 Å². The molecule has 2 amide bonds. The van der Waals surface area contributed by atoms with Gasteiger partial charge < -0.3 is 15.7 Å². The van der Waals surface area contributed by atoms with Crippen LogP contribution in [-0.4, -0.2) is 49.6 Å². The van der Waals surface area contributed by atoms with Gasteiger partial charge >= 0.3 is 12.0 Å². The van der Waals surface area contributed by atoms with E-state index in [9.17, 15) is 18.0 Å². The van der Waals surface area contributed by atoms with Crippen molar-refractivity contribution < 1.29 is 23.1 Å². The molecule has 0 radical (unpaired) electrons. The molecule has 0 saturated carbocycles. The molecule has 8 heteroatoms. The van der Waals surface area contributed by atoms with Gasteiger partial charge in [-0.2, -0.15) is 0 Å². The highest BCUT2D eigenvalue weighted by Crippen LogP contribution is 2.08. The molecule has 108 valence electrons. The topological polar surface area (TPSA) is 113 Å². The molecule has 0 aromatic heterocycles. The Balaban J connectivity index is 2.43. The van der Waals surface area contributed by atoms with Gasteiger partial charge in [-0.25, -0.2) is 18.0 Å². The predicted octanol–water partition coefficient (Wildman–Crippen LogP) is -0.108. The Morgan fingerprint density at radius 1 is 1.37 bits per heavy atom. The van der Waals surface area contributed by atoms with Gasteiger partial charge in [0.1, 0.15) is 15.9 Å². The average molecular weight is 290 g/mol. The van der Waals surface area contributed by atoms with Crippen LogP contribution in [0.2, 0.25) is 0 Å². The number of hydrogen-bond acceptors (Lipinski definition) is 4. The molecule has 1 unspecified atom stereocenters. The maximum atomic E-state index is 11.6. The summed E-state index contributed by atoms with van der Waals surface area (Å²) in [5.41, 5.74) is 0. The summed E-state index contributed by atoms with van der Waals surface area (Å²) in [6.45, 7) is 0. The molecule has 3 N–H and O–H groups in total. The third kappa shape index (κ3) is 6.23. The summed E-state index contributed by atoms with van der Waals surface area (Å²) < 4.78 is 22.0. The van der Waals surface area contributed by atoms with Crippen molar-refractivity contribution in [1.82, 2.24) is 10.6 Å². The van der Waals surface area contributed by atoms with Crippen LogP contribution in [0.4, 0.5) is 4.79 Å². The number of aliphatic carboxylic acids is 1. The van der Waals surface area contributed by atoms with E-state index in [-0.39, 0.29) is 18.2 Å². The van der Waals surface area contributed by atoms with Gasteiger partial charge in [0.05, 0.1) is 5.75 Å². The number of rotatable bonds is 6. The molecule has 0 bridgehead atoms. The van der Waals surface area contributed by atoms with Crippen molar-refractivity contribution in [1.29, 1.82) is 0 Å². The number of sulfone groups is 1. The number of amides is 2. The van der Waals surface area contributed by atoms with E-state index < -0.39 is 27.9 Å². The molecular weight excluding hydrogens is 272 g/mol. The molecule has 0 heterocycles. The Kier molecular flexibility index (Phi) is 5.34. The SMILES string of the molecule is CS(=O)(=O)CCC(NC(=O)NC1CC=CC1)C(=O)O. The fourth-order valence-corrected chi connectivity index (χ4v) is 2.37. The number of carbonyl (C=O) groups is 2. The van der Waals surface area contributed by atoms with Gasteiger partial charge in [-0.15, -0.1) is 0 Å². The summed E-state index contributed by atoms with van der Waals surface area (Å²) in [6, 6.07) is -1.82. The highest BCUT2D eigenvalue weighted by molar-refractivity contribution is 7.90. The van der Waals surface area contributed by atoms with Crippen LogP contribution in [0.25, 0.3) is 0 Å². The van der Waals surface area contributed by atoms with Crippen LogP contribution in [0, 0.1) is 0 Å². The van der Waals surface area contributed by atoms with Crippen molar-refractivity contribution in [2.75, 3.05) is 12.0 Å². The summed E-state index contributed by atoms with van der Waals surface area (Å²) in [4.78, 5) is 22.5. The summed E-state index contributed by atoms with van der Waals surface area (Å²) in [7, 11) is -3.26. The Labute approximate surface area is 112 Å². The van der Waals surface area contributed by atoms with Crippen molar-refractivity contribution in [3.05, 3.63) is 12.2 Å². The molecule has 1 aliphatic carbocycles. The van der Waals surface area contributed by atoms with Crippen LogP contribution >= 0.6 is 0 Å². The van der Waals surface area contributed by atoms with E-state index in [1.165, 1.54) is 0 Å². The second kappa shape index (κ2) is 6.55. The first-order valence-electron chi connectivity index (χ1n) is 5.90. The Bertz CT molecular complexity index is 463. The fraction of sp³-hybridized carbons (Fsp3) is 0.636. The van der Waals surface area contributed by atoms with Crippen LogP contribution in [-0.2, 0) is 14.6 Å².